The van der Waals surface area contributed by atoms with Crippen LogP contribution in [0, 0.1) is 0 Å². The molecule has 102 valence electrons. The van der Waals surface area contributed by atoms with E-state index in [1.165, 1.54) is 6.07 Å². The van der Waals surface area contributed by atoms with Crippen molar-refractivity contribution in [2.45, 2.75) is 0 Å². The minimum atomic E-state index is -0.0704. The van der Waals surface area contributed by atoms with Gasteiger partial charge in [0.25, 0.3) is 0 Å². The van der Waals surface area contributed by atoms with Crippen LogP contribution in [0.25, 0.3) is 22.4 Å². The third-order valence-corrected chi connectivity index (χ3v) is 2.87. The lowest BCUT2D eigenvalue weighted by molar-refractivity contribution is 0.201. The van der Waals surface area contributed by atoms with Crippen LogP contribution in [0.4, 0.5) is 0 Å². The van der Waals surface area contributed by atoms with Gasteiger partial charge in [-0.1, -0.05) is 0 Å². The summed E-state index contributed by atoms with van der Waals surface area (Å²) in [7, 11) is 0. The molecule has 0 atom stereocenters. The van der Waals surface area contributed by atoms with Crippen molar-refractivity contribution in [1.29, 1.82) is 0 Å². The van der Waals surface area contributed by atoms with E-state index in [4.69, 9.17) is 9.84 Å². The number of pyridine rings is 1. The number of aliphatic hydroxyl groups excluding tert-OH is 1. The van der Waals surface area contributed by atoms with E-state index in [1.807, 2.05) is 0 Å². The molecule has 3 aromatic rings. The van der Waals surface area contributed by atoms with E-state index in [0.717, 1.165) is 11.0 Å². The average Bonchev–Trinajstić information content (AvgIpc) is 2.88. The zero-order valence-corrected chi connectivity index (χ0v) is 10.6. The van der Waals surface area contributed by atoms with Crippen LogP contribution in [0.3, 0.4) is 0 Å². The number of imidazole rings is 1. The molecule has 20 heavy (non-hydrogen) atoms. The number of hydrogen-bond acceptors (Lipinski definition) is 5. The number of H-pyrrole nitrogens is 1. The summed E-state index contributed by atoms with van der Waals surface area (Å²) in [5.74, 6) is 1.13. The molecule has 0 spiro atoms. The molecule has 0 radical (unpaired) electrons. The van der Waals surface area contributed by atoms with Gasteiger partial charge >= 0.3 is 0 Å². The number of ether oxygens (including phenoxy) is 1. The molecule has 0 fully saturated rings. The van der Waals surface area contributed by atoms with Crippen molar-refractivity contribution < 1.29 is 14.9 Å². The summed E-state index contributed by atoms with van der Waals surface area (Å²) in [4.78, 5) is 11.5. The second-order valence-corrected chi connectivity index (χ2v) is 4.23. The van der Waals surface area contributed by atoms with Gasteiger partial charge in [0.15, 0.2) is 0 Å². The van der Waals surface area contributed by atoms with Crippen molar-refractivity contribution in [2.75, 3.05) is 13.2 Å². The van der Waals surface area contributed by atoms with E-state index in [1.54, 1.807) is 30.6 Å². The second-order valence-electron chi connectivity index (χ2n) is 4.23. The first-order valence-electron chi connectivity index (χ1n) is 6.14. The van der Waals surface area contributed by atoms with Crippen molar-refractivity contribution in [2.24, 2.45) is 0 Å². The van der Waals surface area contributed by atoms with Gasteiger partial charge in [-0.15, -0.1) is 0 Å². The first kappa shape index (κ1) is 12.4. The number of phenolic OH excluding ortho intramolecular Hbond substituents is 1. The highest BCUT2D eigenvalue weighted by atomic mass is 16.5. The highest BCUT2D eigenvalue weighted by molar-refractivity contribution is 5.79. The zero-order valence-electron chi connectivity index (χ0n) is 10.6. The summed E-state index contributed by atoms with van der Waals surface area (Å²) >= 11 is 0. The number of hydrogen-bond donors (Lipinski definition) is 3. The van der Waals surface area contributed by atoms with E-state index in [9.17, 15) is 5.11 Å². The summed E-state index contributed by atoms with van der Waals surface area (Å²) in [6.07, 6.45) is 3.35. The predicted molar refractivity (Wildman–Crippen MR) is 73.6 cm³/mol. The molecule has 0 saturated heterocycles. The largest absolute Gasteiger partial charge is 0.507 e. The Bertz CT molecular complexity index is 706. The average molecular weight is 271 g/mol. The molecule has 6 nitrogen and oxygen atoms in total. The zero-order chi connectivity index (χ0) is 13.9. The van der Waals surface area contributed by atoms with Crippen molar-refractivity contribution in [3.8, 4) is 22.9 Å². The molecule has 0 unspecified atom stereocenters. The third-order valence-electron chi connectivity index (χ3n) is 2.87. The molecule has 3 N–H and O–H groups in total. The normalized spacial score (nSPS) is 10.8. The SMILES string of the molecule is OCCOc1ccc(-c2nc3ccncc3[nH]2)c(O)c1. The predicted octanol–water partition coefficient (Wildman–Crippen LogP) is 1.70. The van der Waals surface area contributed by atoms with Crippen LogP contribution >= 0.6 is 0 Å². The Morgan fingerprint density at radius 1 is 1.25 bits per heavy atom. The number of benzene rings is 1. The topological polar surface area (TPSA) is 91.3 Å². The molecule has 6 heteroatoms. The number of aromatic nitrogens is 3. The van der Waals surface area contributed by atoms with Crippen LogP contribution in [0.15, 0.2) is 36.7 Å². The minimum absolute atomic E-state index is 0.0625. The number of rotatable bonds is 4. The van der Waals surface area contributed by atoms with Crippen LogP contribution in [0.2, 0.25) is 0 Å². The molecule has 2 heterocycles. The number of aliphatic hydroxyl groups is 1. The molecule has 0 bridgehead atoms. The lowest BCUT2D eigenvalue weighted by atomic mass is 10.2. The Labute approximate surface area is 114 Å². The summed E-state index contributed by atoms with van der Waals surface area (Å²) < 4.78 is 5.24. The maximum atomic E-state index is 10.1. The van der Waals surface area contributed by atoms with Gasteiger partial charge in [0, 0.05) is 12.3 Å². The Morgan fingerprint density at radius 3 is 2.90 bits per heavy atom. The first-order valence-corrected chi connectivity index (χ1v) is 6.14. The Kier molecular flexibility index (Phi) is 3.22. The van der Waals surface area contributed by atoms with Crippen molar-refractivity contribution in [3.05, 3.63) is 36.7 Å². The van der Waals surface area contributed by atoms with Crippen LogP contribution in [-0.2, 0) is 0 Å². The standard InChI is InChI=1S/C14H13N3O3/c18-5-6-20-9-1-2-10(13(19)7-9)14-16-11-3-4-15-8-12(11)17-14/h1-4,7-8,18-19H,5-6H2,(H,16,17). The molecule has 0 amide bonds. The van der Waals surface area contributed by atoms with Crippen LogP contribution in [0.5, 0.6) is 11.5 Å². The summed E-state index contributed by atoms with van der Waals surface area (Å²) in [5, 5.41) is 18.8. The fourth-order valence-electron chi connectivity index (χ4n) is 1.95. The Morgan fingerprint density at radius 2 is 2.15 bits per heavy atom. The highest BCUT2D eigenvalue weighted by Gasteiger charge is 2.10. The number of phenols is 1. The van der Waals surface area contributed by atoms with Gasteiger partial charge in [-0.05, 0) is 18.2 Å². The van der Waals surface area contributed by atoms with Gasteiger partial charge in [0.05, 0.1) is 29.4 Å². The van der Waals surface area contributed by atoms with Gasteiger partial charge < -0.3 is 19.9 Å². The molecule has 0 saturated carbocycles. The smallest absolute Gasteiger partial charge is 0.142 e. The van der Waals surface area contributed by atoms with E-state index in [2.05, 4.69) is 15.0 Å². The Balaban J connectivity index is 1.97. The fraction of sp³-hybridized carbons (Fsp3) is 0.143. The number of aromatic hydroxyl groups is 1. The monoisotopic (exact) mass is 271 g/mol. The summed E-state index contributed by atoms with van der Waals surface area (Å²) in [5.41, 5.74) is 2.18. The molecule has 0 aliphatic heterocycles. The van der Waals surface area contributed by atoms with Gasteiger partial charge in [-0.25, -0.2) is 4.98 Å². The number of fused-ring (bicyclic) bond motifs is 1. The lowest BCUT2D eigenvalue weighted by Crippen LogP contribution is -2.01. The third kappa shape index (κ3) is 2.28. The van der Waals surface area contributed by atoms with E-state index in [-0.39, 0.29) is 19.0 Å². The van der Waals surface area contributed by atoms with Crippen LogP contribution < -0.4 is 4.74 Å². The van der Waals surface area contributed by atoms with Crippen LogP contribution in [-0.4, -0.2) is 38.4 Å². The quantitative estimate of drug-likeness (QED) is 0.671. The van der Waals surface area contributed by atoms with E-state index >= 15 is 0 Å². The first-order chi connectivity index (χ1) is 9.78. The number of aromatic amines is 1. The molecular weight excluding hydrogens is 258 g/mol. The van der Waals surface area contributed by atoms with Crippen molar-refractivity contribution >= 4 is 11.0 Å². The van der Waals surface area contributed by atoms with Gasteiger partial charge in [-0.2, -0.15) is 0 Å². The molecule has 0 aliphatic carbocycles. The van der Waals surface area contributed by atoms with Crippen molar-refractivity contribution in [1.82, 2.24) is 15.0 Å². The number of nitrogens with zero attached hydrogens (tertiary/aromatic N) is 2. The highest BCUT2D eigenvalue weighted by Crippen LogP contribution is 2.31. The molecule has 3 rings (SSSR count). The van der Waals surface area contributed by atoms with Crippen LogP contribution in [0.1, 0.15) is 0 Å². The van der Waals surface area contributed by atoms with Gasteiger partial charge in [0.2, 0.25) is 0 Å². The summed E-state index contributed by atoms with van der Waals surface area (Å²) in [6.45, 7) is 0.119. The van der Waals surface area contributed by atoms with E-state index in [0.29, 0.717) is 17.1 Å². The lowest BCUT2D eigenvalue weighted by Gasteiger charge is -2.06. The molecule has 1 aromatic carbocycles. The maximum Gasteiger partial charge on any atom is 0.142 e. The minimum Gasteiger partial charge on any atom is -0.507 e. The van der Waals surface area contributed by atoms with Gasteiger partial charge in [-0.3, -0.25) is 4.98 Å². The number of nitrogens with one attached hydrogen (secondary N) is 1. The second kappa shape index (κ2) is 5.18. The molecular formula is C14H13N3O3. The summed E-state index contributed by atoms with van der Waals surface area (Å²) in [6, 6.07) is 6.73. The van der Waals surface area contributed by atoms with Gasteiger partial charge in [0.1, 0.15) is 23.9 Å². The molecule has 2 aromatic heterocycles. The maximum absolute atomic E-state index is 10.1. The Hall–Kier alpha value is -2.60. The van der Waals surface area contributed by atoms with Crippen molar-refractivity contribution in [3.63, 3.8) is 0 Å². The molecule has 0 aliphatic rings. The van der Waals surface area contributed by atoms with E-state index < -0.39 is 0 Å². The fourth-order valence-corrected chi connectivity index (χ4v) is 1.95.